The summed E-state index contributed by atoms with van der Waals surface area (Å²) in [5.74, 6) is 0.733. The Morgan fingerprint density at radius 2 is 1.97 bits per heavy atom. The number of nitrogens with one attached hydrogen (secondary N) is 1. The van der Waals surface area contributed by atoms with Gasteiger partial charge in [0.25, 0.3) is 5.56 Å². The van der Waals surface area contributed by atoms with Crippen LogP contribution in [0.4, 0.5) is 19.0 Å². The average Bonchev–Trinajstić information content (AvgIpc) is 2.68. The Hall–Kier alpha value is -2.98. The number of aromatic nitrogens is 3. The van der Waals surface area contributed by atoms with Crippen molar-refractivity contribution in [2.45, 2.75) is 51.2 Å². The van der Waals surface area contributed by atoms with Crippen molar-refractivity contribution in [1.82, 2.24) is 14.5 Å². The first-order chi connectivity index (χ1) is 15.1. The van der Waals surface area contributed by atoms with Gasteiger partial charge in [0.2, 0.25) is 0 Å². The second kappa shape index (κ2) is 8.18. The molecule has 2 aromatic heterocycles. The fourth-order valence-electron chi connectivity index (χ4n) is 4.05. The molecule has 4 rings (SSSR count). The zero-order valence-electron chi connectivity index (χ0n) is 17.8. The van der Waals surface area contributed by atoms with E-state index in [1.54, 1.807) is 19.2 Å². The lowest BCUT2D eigenvalue weighted by atomic mass is 9.89. The lowest BCUT2D eigenvalue weighted by molar-refractivity contribution is -0.138. The Bertz CT molecular complexity index is 1220. The lowest BCUT2D eigenvalue weighted by Crippen LogP contribution is -2.36. The summed E-state index contributed by atoms with van der Waals surface area (Å²) in [6.45, 7) is 3.06. The van der Waals surface area contributed by atoms with Crippen molar-refractivity contribution in [3.63, 3.8) is 0 Å². The summed E-state index contributed by atoms with van der Waals surface area (Å²) in [5.41, 5.74) is -0.191. The van der Waals surface area contributed by atoms with Crippen molar-refractivity contribution in [2.24, 2.45) is 0 Å². The highest BCUT2D eigenvalue weighted by molar-refractivity contribution is 5.88. The molecular weight excluding hydrogens is 425 g/mol. The van der Waals surface area contributed by atoms with Crippen LogP contribution in [-0.2, 0) is 10.9 Å². The molecular formula is C22H23F3N4O3. The normalized spacial score (nSPS) is 19.6. The molecule has 1 unspecified atom stereocenters. The molecule has 1 fully saturated rings. The Labute approximate surface area is 181 Å². The molecule has 1 aliphatic carbocycles. The van der Waals surface area contributed by atoms with Crippen molar-refractivity contribution in [1.29, 1.82) is 0 Å². The van der Waals surface area contributed by atoms with Crippen LogP contribution >= 0.6 is 0 Å². The van der Waals surface area contributed by atoms with Crippen molar-refractivity contribution in [2.75, 3.05) is 12.4 Å². The largest absolute Gasteiger partial charge is 0.416 e. The van der Waals surface area contributed by atoms with E-state index in [1.807, 2.05) is 0 Å². The number of pyridine rings is 1. The number of fused-ring (bicyclic) bond motifs is 1. The smallest absolute Gasteiger partial charge is 0.393 e. The Morgan fingerprint density at radius 3 is 2.59 bits per heavy atom. The van der Waals surface area contributed by atoms with Crippen LogP contribution < -0.4 is 10.9 Å². The van der Waals surface area contributed by atoms with Gasteiger partial charge < -0.3 is 19.7 Å². The van der Waals surface area contributed by atoms with E-state index in [4.69, 9.17) is 4.74 Å². The van der Waals surface area contributed by atoms with Crippen molar-refractivity contribution >= 4 is 16.7 Å². The summed E-state index contributed by atoms with van der Waals surface area (Å²) in [6, 6.07) is 5.20. The predicted molar refractivity (Wildman–Crippen MR) is 112 cm³/mol. The van der Waals surface area contributed by atoms with E-state index < -0.39 is 24.1 Å². The minimum Gasteiger partial charge on any atom is -0.393 e. The van der Waals surface area contributed by atoms with Crippen molar-refractivity contribution < 1.29 is 23.0 Å². The molecule has 1 saturated carbocycles. The van der Waals surface area contributed by atoms with Gasteiger partial charge in [-0.25, -0.2) is 9.97 Å². The van der Waals surface area contributed by atoms with E-state index in [-0.39, 0.29) is 17.2 Å². The number of ether oxygens (including phenoxy) is 1. The van der Waals surface area contributed by atoms with Crippen LogP contribution in [0.15, 0.2) is 35.3 Å². The van der Waals surface area contributed by atoms with Crippen LogP contribution in [0, 0.1) is 13.8 Å². The van der Waals surface area contributed by atoms with Crippen LogP contribution in [0.5, 0.6) is 0 Å². The third-order valence-electron chi connectivity index (χ3n) is 5.82. The number of methoxy groups -OCH3 is 1. The van der Waals surface area contributed by atoms with Gasteiger partial charge in [-0.3, -0.25) is 4.79 Å². The van der Waals surface area contributed by atoms with Gasteiger partial charge in [0, 0.05) is 31.0 Å². The third-order valence-corrected chi connectivity index (χ3v) is 5.82. The fraction of sp³-hybridized carbons (Fsp3) is 0.409. The first kappa shape index (κ1) is 22.2. The molecule has 0 aliphatic heterocycles. The number of halogens is 3. The molecule has 0 spiro atoms. The molecule has 0 radical (unpaired) electrons. The quantitative estimate of drug-likeness (QED) is 0.576. The number of hydrogen-bond acceptors (Lipinski definition) is 6. The molecule has 1 aliphatic rings. The van der Waals surface area contributed by atoms with E-state index in [9.17, 15) is 23.1 Å². The zero-order chi connectivity index (χ0) is 23.2. The van der Waals surface area contributed by atoms with Gasteiger partial charge in [-0.15, -0.1) is 0 Å². The minimum absolute atomic E-state index is 0.0507. The summed E-state index contributed by atoms with van der Waals surface area (Å²) in [7, 11) is 1.39. The number of alkyl halides is 3. The standard InChI is InChI=1S/C22H23F3N4O3/c1-11-15(5-4-6-17(11)22(23,24)25)21(32-3)28-20-16-10-29(13-7-14(30)8-13)19(31)9-18(16)26-12(2)27-20/h4-6,9-10,13-14,21,30H,7-8H2,1-3H3,(H,26,27,28). The van der Waals surface area contributed by atoms with Crippen molar-refractivity contribution in [3.05, 3.63) is 63.3 Å². The van der Waals surface area contributed by atoms with E-state index in [2.05, 4.69) is 15.3 Å². The molecule has 1 aromatic carbocycles. The topological polar surface area (TPSA) is 89.3 Å². The molecule has 0 amide bonds. The number of hydrogen-bond donors (Lipinski definition) is 2. The van der Waals surface area contributed by atoms with E-state index in [1.165, 1.54) is 30.7 Å². The van der Waals surface area contributed by atoms with Crippen LogP contribution in [0.3, 0.4) is 0 Å². The minimum atomic E-state index is -4.49. The van der Waals surface area contributed by atoms with Gasteiger partial charge in [0.1, 0.15) is 11.6 Å². The maximum atomic E-state index is 13.4. The van der Waals surface area contributed by atoms with Gasteiger partial charge in [0.15, 0.2) is 6.23 Å². The monoisotopic (exact) mass is 448 g/mol. The summed E-state index contributed by atoms with van der Waals surface area (Å²) in [6.07, 6.45) is -3.26. The van der Waals surface area contributed by atoms with Crippen LogP contribution in [0.2, 0.25) is 0 Å². The number of aliphatic hydroxyl groups excluding tert-OH is 1. The molecule has 2 heterocycles. The SMILES string of the molecule is COC(Nc1nc(C)nc2cc(=O)n(C3CC(O)C3)cc12)c1cccc(C(F)(F)F)c1C. The first-order valence-corrected chi connectivity index (χ1v) is 10.1. The molecule has 3 aromatic rings. The summed E-state index contributed by atoms with van der Waals surface area (Å²) in [5, 5.41) is 13.2. The van der Waals surface area contributed by atoms with E-state index >= 15 is 0 Å². The van der Waals surface area contributed by atoms with Crippen LogP contribution in [0.25, 0.3) is 10.9 Å². The highest BCUT2D eigenvalue weighted by Crippen LogP contribution is 2.36. The van der Waals surface area contributed by atoms with Crippen LogP contribution in [0.1, 0.15) is 47.6 Å². The Balaban J connectivity index is 1.78. The highest BCUT2D eigenvalue weighted by Gasteiger charge is 2.34. The fourth-order valence-corrected chi connectivity index (χ4v) is 4.05. The first-order valence-electron chi connectivity index (χ1n) is 10.1. The molecule has 1 atom stereocenters. The summed E-state index contributed by atoms with van der Waals surface area (Å²) < 4.78 is 47.2. The lowest BCUT2D eigenvalue weighted by Gasteiger charge is -2.33. The van der Waals surface area contributed by atoms with Crippen molar-refractivity contribution in [3.8, 4) is 0 Å². The number of benzene rings is 1. The predicted octanol–water partition coefficient (Wildman–Crippen LogP) is 3.88. The molecule has 0 saturated heterocycles. The van der Waals surface area contributed by atoms with Gasteiger partial charge >= 0.3 is 6.18 Å². The zero-order valence-corrected chi connectivity index (χ0v) is 17.8. The van der Waals surface area contributed by atoms with Gasteiger partial charge in [-0.2, -0.15) is 13.2 Å². The number of aryl methyl sites for hydroxylation is 1. The molecule has 170 valence electrons. The average molecular weight is 448 g/mol. The maximum absolute atomic E-state index is 13.4. The molecule has 7 nitrogen and oxygen atoms in total. The van der Waals surface area contributed by atoms with Gasteiger partial charge in [-0.1, -0.05) is 12.1 Å². The number of anilines is 1. The number of aliphatic hydroxyl groups is 1. The molecule has 32 heavy (non-hydrogen) atoms. The molecule has 0 bridgehead atoms. The number of nitrogens with zero attached hydrogens (tertiary/aromatic N) is 3. The van der Waals surface area contributed by atoms with Crippen LogP contribution in [-0.4, -0.2) is 32.9 Å². The van der Waals surface area contributed by atoms with E-state index in [0.29, 0.717) is 41.0 Å². The Kier molecular flexibility index (Phi) is 5.68. The summed E-state index contributed by atoms with van der Waals surface area (Å²) in [4.78, 5) is 21.3. The molecule has 2 N–H and O–H groups in total. The maximum Gasteiger partial charge on any atom is 0.416 e. The highest BCUT2D eigenvalue weighted by atomic mass is 19.4. The summed E-state index contributed by atoms with van der Waals surface area (Å²) >= 11 is 0. The third kappa shape index (κ3) is 4.07. The molecule has 10 heteroatoms. The van der Waals surface area contributed by atoms with Gasteiger partial charge in [0.05, 0.1) is 22.6 Å². The number of rotatable bonds is 5. The second-order valence-electron chi connectivity index (χ2n) is 7.99. The Morgan fingerprint density at radius 1 is 1.25 bits per heavy atom. The van der Waals surface area contributed by atoms with Gasteiger partial charge in [-0.05, 0) is 38.3 Å². The van der Waals surface area contributed by atoms with E-state index in [0.717, 1.165) is 6.07 Å². The second-order valence-corrected chi connectivity index (χ2v) is 7.99.